The molecule has 0 saturated carbocycles. The summed E-state index contributed by atoms with van der Waals surface area (Å²) in [6.07, 6.45) is 1.77. The first-order valence-corrected chi connectivity index (χ1v) is 14.5. The number of nitrogens with one attached hydrogen (secondary N) is 1. The van der Waals surface area contributed by atoms with Crippen molar-refractivity contribution in [1.29, 1.82) is 0 Å². The quantitative estimate of drug-likeness (QED) is 0.109. The molecule has 3 heterocycles. The highest BCUT2D eigenvalue weighted by molar-refractivity contribution is 7.80. The molecule has 44 heavy (non-hydrogen) atoms. The molecule has 2 unspecified atom stereocenters. The Balaban J connectivity index is 1.44. The number of thiocarbonyl (C=S) groups is 1. The first-order valence-electron chi connectivity index (χ1n) is 14.1. The largest absolute Gasteiger partial charge is 0.496 e. The number of aryl methyl sites for hydroxylation is 2. The van der Waals surface area contributed by atoms with Crippen LogP contribution in [-0.4, -0.2) is 26.7 Å². The van der Waals surface area contributed by atoms with E-state index < -0.39 is 0 Å². The molecule has 3 aromatic carbocycles. The number of pyridine rings is 1. The van der Waals surface area contributed by atoms with Gasteiger partial charge in [-0.1, -0.05) is 24.3 Å². The number of rotatable bonds is 8. The Labute approximate surface area is 260 Å². The highest BCUT2D eigenvalue weighted by atomic mass is 32.1. The molecule has 0 radical (unpaired) electrons. The Kier molecular flexibility index (Phi) is 7.75. The Morgan fingerprint density at radius 1 is 0.932 bits per heavy atom. The normalized spacial score (nSPS) is 16.1. The number of aromatic nitrogens is 2. The number of ether oxygens (including phenoxy) is 2. The van der Waals surface area contributed by atoms with Crippen molar-refractivity contribution < 1.29 is 14.4 Å². The molecular weight excluding hydrogens is 574 g/mol. The predicted octanol–water partition coefficient (Wildman–Crippen LogP) is 7.68. The molecule has 1 fully saturated rings. The van der Waals surface area contributed by atoms with Gasteiger partial charge in [-0.2, -0.15) is 0 Å². The average Bonchev–Trinajstić information content (AvgIpc) is 3.53. The zero-order valence-corrected chi connectivity index (χ0v) is 25.5. The first-order chi connectivity index (χ1) is 21.3. The third-order valence-electron chi connectivity index (χ3n) is 7.94. The molecule has 6 rings (SSSR count). The summed E-state index contributed by atoms with van der Waals surface area (Å²) in [6, 6.07) is 27.9. The molecule has 0 spiro atoms. The third kappa shape index (κ3) is 5.24. The molecule has 1 saturated heterocycles. The number of hydrogen-bond acceptors (Lipinski definition) is 6. The van der Waals surface area contributed by atoms with Gasteiger partial charge in [-0.25, -0.2) is 0 Å². The van der Waals surface area contributed by atoms with Gasteiger partial charge >= 0.3 is 0 Å². The lowest BCUT2D eigenvalue weighted by molar-refractivity contribution is -0.384. The molecule has 10 heteroatoms. The maximum Gasteiger partial charge on any atom is 0.296 e. The molecule has 222 valence electrons. The Morgan fingerprint density at radius 2 is 1.66 bits per heavy atom. The molecule has 1 aliphatic rings. The predicted molar refractivity (Wildman–Crippen MR) is 174 cm³/mol. The highest BCUT2D eigenvalue weighted by Crippen LogP contribution is 2.45. The van der Waals surface area contributed by atoms with Crippen LogP contribution in [0.4, 0.5) is 11.4 Å². The lowest BCUT2D eigenvalue weighted by Crippen LogP contribution is -2.29. The van der Waals surface area contributed by atoms with Gasteiger partial charge in [-0.15, -0.1) is 0 Å². The monoisotopic (exact) mass is 605 g/mol. The number of methoxy groups -OCH3 is 1. The van der Waals surface area contributed by atoms with Gasteiger partial charge in [0.25, 0.3) is 5.69 Å². The van der Waals surface area contributed by atoms with Crippen LogP contribution in [0, 0.1) is 30.9 Å². The van der Waals surface area contributed by atoms with Gasteiger partial charge in [0.2, 0.25) is 0 Å². The average molecular weight is 606 g/mol. The van der Waals surface area contributed by atoms with Crippen molar-refractivity contribution in [1.82, 2.24) is 14.9 Å². The zero-order chi connectivity index (χ0) is 31.0. The second kappa shape index (κ2) is 11.8. The van der Waals surface area contributed by atoms with Gasteiger partial charge in [0.15, 0.2) is 5.11 Å². The van der Waals surface area contributed by atoms with Crippen LogP contribution in [0.25, 0.3) is 5.69 Å². The van der Waals surface area contributed by atoms with E-state index >= 15 is 0 Å². The number of nitro benzene ring substituents is 1. The van der Waals surface area contributed by atoms with Crippen LogP contribution in [0.2, 0.25) is 0 Å². The zero-order valence-electron chi connectivity index (χ0n) is 24.7. The summed E-state index contributed by atoms with van der Waals surface area (Å²) >= 11 is 5.94. The van der Waals surface area contributed by atoms with Crippen molar-refractivity contribution in [3.05, 3.63) is 136 Å². The number of para-hydroxylation sites is 1. The number of nitrogens with zero attached hydrogens (tertiary/aromatic N) is 4. The van der Waals surface area contributed by atoms with E-state index in [0.717, 1.165) is 39.6 Å². The van der Waals surface area contributed by atoms with Crippen molar-refractivity contribution in [2.75, 3.05) is 12.0 Å². The fraction of sp³-hybridized carbons (Fsp3) is 0.176. The van der Waals surface area contributed by atoms with E-state index in [4.69, 9.17) is 21.7 Å². The molecule has 5 aromatic rings. The number of hydrogen-bond donors (Lipinski definition) is 1. The van der Waals surface area contributed by atoms with Gasteiger partial charge in [0.05, 0.1) is 35.9 Å². The Hall–Kier alpha value is -5.22. The molecular formula is C34H31N5O4S. The number of nitro groups is 1. The molecule has 0 amide bonds. The van der Waals surface area contributed by atoms with Crippen LogP contribution in [0.3, 0.4) is 0 Å². The van der Waals surface area contributed by atoms with E-state index in [-0.39, 0.29) is 22.7 Å². The lowest BCUT2D eigenvalue weighted by atomic mass is 9.96. The molecule has 2 aromatic heterocycles. The van der Waals surface area contributed by atoms with Gasteiger partial charge in [0, 0.05) is 23.3 Å². The summed E-state index contributed by atoms with van der Waals surface area (Å²) in [7, 11) is 1.49. The minimum atomic E-state index is -0.383. The standard InChI is InChI=1S/C34H31N5O4S/c1-21-9-5-6-11-31(21)43-25-14-12-24(13-15-25)38-33(32(36-34(38)44)28-10-7-8-18-35-28)27-19-22(2)37(23(27)3)29-17-16-26(42-4)20-30(29)39(40)41/h5-20,32-33H,1-4H3,(H,36,44). The van der Waals surface area contributed by atoms with Crippen LogP contribution in [0.1, 0.15) is 40.3 Å². The number of anilines is 1. The van der Waals surface area contributed by atoms with Gasteiger partial charge in [0.1, 0.15) is 22.9 Å². The van der Waals surface area contributed by atoms with E-state index in [1.807, 2.05) is 92.1 Å². The molecule has 9 nitrogen and oxygen atoms in total. The third-order valence-corrected chi connectivity index (χ3v) is 8.26. The van der Waals surface area contributed by atoms with Crippen molar-refractivity contribution in [3.63, 3.8) is 0 Å². The summed E-state index contributed by atoms with van der Waals surface area (Å²) < 4.78 is 13.3. The smallest absolute Gasteiger partial charge is 0.296 e. The second-order valence-electron chi connectivity index (χ2n) is 10.6. The minimum absolute atomic E-state index is 0.0415. The van der Waals surface area contributed by atoms with Gasteiger partial charge in [-0.05, 0) is 105 Å². The molecule has 1 N–H and O–H groups in total. The second-order valence-corrected chi connectivity index (χ2v) is 11.0. The van der Waals surface area contributed by atoms with Crippen LogP contribution in [-0.2, 0) is 0 Å². The maximum atomic E-state index is 12.1. The summed E-state index contributed by atoms with van der Waals surface area (Å²) in [4.78, 5) is 18.5. The Bertz CT molecular complexity index is 1860. The van der Waals surface area contributed by atoms with Crippen LogP contribution >= 0.6 is 12.2 Å². The summed E-state index contributed by atoms with van der Waals surface area (Å²) in [5, 5.41) is 16.2. The van der Waals surface area contributed by atoms with Gasteiger partial charge < -0.3 is 24.3 Å². The molecule has 1 aliphatic heterocycles. The van der Waals surface area contributed by atoms with E-state index in [1.165, 1.54) is 13.2 Å². The summed E-state index contributed by atoms with van der Waals surface area (Å²) in [5.41, 5.74) is 5.86. The summed E-state index contributed by atoms with van der Waals surface area (Å²) in [6.45, 7) is 5.94. The van der Waals surface area contributed by atoms with Crippen molar-refractivity contribution in [2.24, 2.45) is 0 Å². The number of benzene rings is 3. The lowest BCUT2D eigenvalue weighted by Gasteiger charge is -2.28. The van der Waals surface area contributed by atoms with Crippen LogP contribution in [0.5, 0.6) is 17.2 Å². The fourth-order valence-corrected chi connectivity index (χ4v) is 6.19. The highest BCUT2D eigenvalue weighted by Gasteiger charge is 2.42. The van der Waals surface area contributed by atoms with E-state index in [1.54, 1.807) is 18.3 Å². The minimum Gasteiger partial charge on any atom is -0.496 e. The fourth-order valence-electron chi connectivity index (χ4n) is 5.84. The van der Waals surface area contributed by atoms with Crippen LogP contribution in [0.15, 0.2) is 97.2 Å². The van der Waals surface area contributed by atoms with E-state index in [9.17, 15) is 10.1 Å². The van der Waals surface area contributed by atoms with E-state index in [2.05, 4.69) is 21.3 Å². The molecule has 0 aliphatic carbocycles. The SMILES string of the molecule is COc1ccc(-n2c(C)cc(C3C(c4ccccn4)NC(=S)N3c3ccc(Oc4ccccc4C)cc3)c2C)c([N+](=O)[O-])c1. The Morgan fingerprint density at radius 3 is 2.34 bits per heavy atom. The van der Waals surface area contributed by atoms with Crippen molar-refractivity contribution in [3.8, 4) is 22.9 Å². The van der Waals surface area contributed by atoms with Crippen LogP contribution < -0.4 is 19.7 Å². The molecule has 0 bridgehead atoms. The van der Waals surface area contributed by atoms with Gasteiger partial charge in [-0.3, -0.25) is 15.1 Å². The van der Waals surface area contributed by atoms with Crippen molar-refractivity contribution in [2.45, 2.75) is 32.9 Å². The maximum absolute atomic E-state index is 12.1. The topological polar surface area (TPSA) is 94.7 Å². The van der Waals surface area contributed by atoms with E-state index in [0.29, 0.717) is 22.3 Å². The van der Waals surface area contributed by atoms with Crippen molar-refractivity contribution >= 4 is 28.7 Å². The molecule has 2 atom stereocenters. The first kappa shape index (κ1) is 28.9. The summed E-state index contributed by atoms with van der Waals surface area (Å²) in [5.74, 6) is 1.93.